The monoisotopic (exact) mass is 410 g/mol. The molecule has 2 atom stereocenters. The van der Waals surface area contributed by atoms with Gasteiger partial charge in [0, 0.05) is 50.4 Å². The standard InChI is InChI=1S/C20H31FN4O2S/c1-3-22-20(24-19-14-17(19)16-6-4-5-7-18(16)21)23-15-8-10-25(11-9-15)12-13-28(2,26)27/h4-7,15,17,19H,3,8-14H2,1-2H3,(H2,22,23,24). The predicted octanol–water partition coefficient (Wildman–Crippen LogP) is 1.75. The molecule has 2 unspecified atom stereocenters. The highest BCUT2D eigenvalue weighted by molar-refractivity contribution is 7.90. The minimum Gasteiger partial charge on any atom is -0.354 e. The van der Waals surface area contributed by atoms with E-state index in [0.717, 1.165) is 43.9 Å². The molecule has 2 fully saturated rings. The number of hydrogen-bond acceptors (Lipinski definition) is 4. The van der Waals surface area contributed by atoms with Crippen LogP contribution in [-0.2, 0) is 9.84 Å². The molecule has 2 N–H and O–H groups in total. The number of hydrogen-bond donors (Lipinski definition) is 2. The number of guanidine groups is 1. The third kappa shape index (κ3) is 6.17. The molecule has 1 aromatic rings. The fourth-order valence-electron chi connectivity index (χ4n) is 3.73. The average Bonchev–Trinajstić information content (AvgIpc) is 3.40. The number of aliphatic imine (C=N–C) groups is 1. The second kappa shape index (κ2) is 9.22. The van der Waals surface area contributed by atoms with Gasteiger partial charge >= 0.3 is 0 Å². The Kier molecular flexibility index (Phi) is 6.93. The van der Waals surface area contributed by atoms with Crippen molar-refractivity contribution >= 4 is 15.8 Å². The number of piperidine rings is 1. The van der Waals surface area contributed by atoms with Gasteiger partial charge in [-0.05, 0) is 37.8 Å². The van der Waals surface area contributed by atoms with Gasteiger partial charge in [0.1, 0.15) is 15.7 Å². The third-order valence-electron chi connectivity index (χ3n) is 5.44. The molecule has 0 aromatic heterocycles. The van der Waals surface area contributed by atoms with E-state index in [4.69, 9.17) is 0 Å². The molecule has 1 heterocycles. The number of rotatable bonds is 7. The molecular weight excluding hydrogens is 379 g/mol. The summed E-state index contributed by atoms with van der Waals surface area (Å²) in [7, 11) is -2.91. The maximum Gasteiger partial charge on any atom is 0.191 e. The van der Waals surface area contributed by atoms with E-state index in [9.17, 15) is 12.8 Å². The molecule has 1 aliphatic heterocycles. The smallest absolute Gasteiger partial charge is 0.191 e. The SMILES string of the molecule is CCN=C(NC1CCN(CCS(C)(=O)=O)CC1)NC1CC1c1ccccc1F. The van der Waals surface area contributed by atoms with Gasteiger partial charge in [-0.3, -0.25) is 4.99 Å². The Morgan fingerprint density at radius 1 is 1.25 bits per heavy atom. The van der Waals surface area contributed by atoms with Crippen LogP contribution in [0.5, 0.6) is 0 Å². The van der Waals surface area contributed by atoms with Gasteiger partial charge in [0.2, 0.25) is 0 Å². The summed E-state index contributed by atoms with van der Waals surface area (Å²) in [5.41, 5.74) is 0.773. The first kappa shape index (κ1) is 21.0. The molecule has 1 saturated heterocycles. The fraction of sp³-hybridized carbons (Fsp3) is 0.650. The van der Waals surface area contributed by atoms with Gasteiger partial charge in [0.25, 0.3) is 0 Å². The molecule has 156 valence electrons. The van der Waals surface area contributed by atoms with Crippen LogP contribution in [0.15, 0.2) is 29.3 Å². The number of sulfone groups is 1. The number of halogens is 1. The Balaban J connectivity index is 1.46. The molecular formula is C20H31FN4O2S. The minimum atomic E-state index is -2.91. The zero-order chi connectivity index (χ0) is 20.1. The van der Waals surface area contributed by atoms with E-state index in [1.54, 1.807) is 6.07 Å². The van der Waals surface area contributed by atoms with Gasteiger partial charge in [0.15, 0.2) is 5.96 Å². The van der Waals surface area contributed by atoms with Crippen LogP contribution in [0.3, 0.4) is 0 Å². The Labute approximate surface area is 167 Å². The summed E-state index contributed by atoms with van der Waals surface area (Å²) in [5.74, 6) is 1.07. The zero-order valence-corrected chi connectivity index (χ0v) is 17.5. The molecule has 0 radical (unpaired) electrons. The second-order valence-electron chi connectivity index (χ2n) is 7.83. The van der Waals surface area contributed by atoms with Crippen LogP contribution in [0.25, 0.3) is 0 Å². The molecule has 6 nitrogen and oxygen atoms in total. The fourth-order valence-corrected chi connectivity index (χ4v) is 4.32. The van der Waals surface area contributed by atoms with E-state index < -0.39 is 9.84 Å². The molecule has 1 aromatic carbocycles. The van der Waals surface area contributed by atoms with E-state index in [2.05, 4.69) is 20.5 Å². The van der Waals surface area contributed by atoms with E-state index in [1.807, 2.05) is 19.1 Å². The van der Waals surface area contributed by atoms with Gasteiger partial charge in [-0.1, -0.05) is 18.2 Å². The minimum absolute atomic E-state index is 0.139. The lowest BCUT2D eigenvalue weighted by Gasteiger charge is -2.33. The van der Waals surface area contributed by atoms with Crippen molar-refractivity contribution < 1.29 is 12.8 Å². The Bertz CT molecular complexity index is 791. The summed E-state index contributed by atoms with van der Waals surface area (Å²) in [6, 6.07) is 7.50. The number of nitrogens with one attached hydrogen (secondary N) is 2. The summed E-state index contributed by atoms with van der Waals surface area (Å²) in [6.07, 6.45) is 4.10. The van der Waals surface area contributed by atoms with Gasteiger partial charge < -0.3 is 15.5 Å². The predicted molar refractivity (Wildman–Crippen MR) is 111 cm³/mol. The number of nitrogens with zero attached hydrogens (tertiary/aromatic N) is 2. The van der Waals surface area contributed by atoms with Gasteiger partial charge in [-0.15, -0.1) is 0 Å². The number of likely N-dealkylation sites (tertiary alicyclic amines) is 1. The first-order valence-corrected chi connectivity index (χ1v) is 12.1. The van der Waals surface area contributed by atoms with Gasteiger partial charge in [-0.25, -0.2) is 12.8 Å². The lowest BCUT2D eigenvalue weighted by molar-refractivity contribution is 0.216. The Morgan fingerprint density at radius 3 is 2.61 bits per heavy atom. The quantitative estimate of drug-likeness (QED) is 0.529. The molecule has 0 spiro atoms. The molecule has 1 aliphatic carbocycles. The van der Waals surface area contributed by atoms with E-state index in [-0.39, 0.29) is 23.5 Å². The van der Waals surface area contributed by atoms with Crippen molar-refractivity contribution in [3.8, 4) is 0 Å². The van der Waals surface area contributed by atoms with Crippen molar-refractivity contribution in [2.75, 3.05) is 38.2 Å². The van der Waals surface area contributed by atoms with Crippen LogP contribution in [0, 0.1) is 5.82 Å². The molecule has 28 heavy (non-hydrogen) atoms. The zero-order valence-electron chi connectivity index (χ0n) is 16.7. The third-order valence-corrected chi connectivity index (χ3v) is 6.36. The van der Waals surface area contributed by atoms with E-state index in [1.165, 1.54) is 12.3 Å². The highest BCUT2D eigenvalue weighted by Gasteiger charge is 2.40. The summed E-state index contributed by atoms with van der Waals surface area (Å²) < 4.78 is 36.6. The molecule has 1 saturated carbocycles. The number of benzene rings is 1. The highest BCUT2D eigenvalue weighted by atomic mass is 32.2. The van der Waals surface area contributed by atoms with Crippen molar-refractivity contribution in [3.63, 3.8) is 0 Å². The lowest BCUT2D eigenvalue weighted by atomic mass is 10.1. The van der Waals surface area contributed by atoms with Crippen LogP contribution >= 0.6 is 0 Å². The normalized spacial score (nSPS) is 24.2. The van der Waals surface area contributed by atoms with Crippen molar-refractivity contribution in [2.24, 2.45) is 4.99 Å². The lowest BCUT2D eigenvalue weighted by Crippen LogP contribution is -2.49. The second-order valence-corrected chi connectivity index (χ2v) is 10.1. The summed E-state index contributed by atoms with van der Waals surface area (Å²) in [4.78, 5) is 6.75. The van der Waals surface area contributed by atoms with Crippen LogP contribution < -0.4 is 10.6 Å². The van der Waals surface area contributed by atoms with Crippen molar-refractivity contribution in [1.29, 1.82) is 0 Å². The van der Waals surface area contributed by atoms with E-state index in [0.29, 0.717) is 19.1 Å². The van der Waals surface area contributed by atoms with Crippen LogP contribution in [-0.4, -0.2) is 69.5 Å². The molecule has 2 aliphatic rings. The highest BCUT2D eigenvalue weighted by Crippen LogP contribution is 2.41. The first-order valence-electron chi connectivity index (χ1n) is 10.1. The van der Waals surface area contributed by atoms with Crippen molar-refractivity contribution in [3.05, 3.63) is 35.6 Å². The van der Waals surface area contributed by atoms with Crippen LogP contribution in [0.2, 0.25) is 0 Å². The first-order chi connectivity index (χ1) is 13.4. The Hall–Kier alpha value is -1.67. The summed E-state index contributed by atoms with van der Waals surface area (Å²) in [6.45, 7) is 5.05. The molecule has 8 heteroatoms. The maximum absolute atomic E-state index is 14.0. The summed E-state index contributed by atoms with van der Waals surface area (Å²) in [5, 5.41) is 6.96. The molecule has 3 rings (SSSR count). The Morgan fingerprint density at radius 2 is 1.96 bits per heavy atom. The topological polar surface area (TPSA) is 73.8 Å². The van der Waals surface area contributed by atoms with E-state index >= 15 is 0 Å². The largest absolute Gasteiger partial charge is 0.354 e. The van der Waals surface area contributed by atoms with Crippen molar-refractivity contribution in [1.82, 2.24) is 15.5 Å². The van der Waals surface area contributed by atoms with Gasteiger partial charge in [-0.2, -0.15) is 0 Å². The summed E-state index contributed by atoms with van der Waals surface area (Å²) >= 11 is 0. The van der Waals surface area contributed by atoms with Gasteiger partial charge in [0.05, 0.1) is 5.75 Å². The maximum atomic E-state index is 14.0. The van der Waals surface area contributed by atoms with Crippen LogP contribution in [0.4, 0.5) is 4.39 Å². The molecule has 0 bridgehead atoms. The average molecular weight is 411 g/mol. The van der Waals surface area contributed by atoms with Crippen molar-refractivity contribution in [2.45, 2.75) is 44.2 Å². The molecule has 0 amide bonds. The van der Waals surface area contributed by atoms with Crippen LogP contribution in [0.1, 0.15) is 37.7 Å².